The molecule has 0 bridgehead atoms. The molecule has 2 rings (SSSR count). The average Bonchev–Trinajstić information content (AvgIpc) is 2.38. The van der Waals surface area contributed by atoms with Crippen LogP contribution in [-0.4, -0.2) is 17.1 Å². The Balaban J connectivity index is 0.00000180. The number of halogens is 1. The van der Waals surface area contributed by atoms with E-state index in [1.165, 1.54) is 11.1 Å². The summed E-state index contributed by atoms with van der Waals surface area (Å²) in [5.74, 6) is -0.736. The van der Waals surface area contributed by atoms with E-state index in [0.717, 1.165) is 25.7 Å². The zero-order chi connectivity index (χ0) is 13.0. The number of rotatable bonds is 5. The van der Waals surface area contributed by atoms with Crippen LogP contribution >= 0.6 is 12.4 Å². The van der Waals surface area contributed by atoms with E-state index in [0.29, 0.717) is 6.42 Å². The van der Waals surface area contributed by atoms with Crippen molar-refractivity contribution >= 4 is 18.4 Å². The molecule has 0 aliphatic heterocycles. The van der Waals surface area contributed by atoms with Crippen LogP contribution in [0.3, 0.4) is 0 Å². The number of aryl methyl sites for hydroxylation is 1. The van der Waals surface area contributed by atoms with Gasteiger partial charge in [-0.15, -0.1) is 12.4 Å². The van der Waals surface area contributed by atoms with Crippen LogP contribution in [-0.2, 0) is 11.2 Å². The highest BCUT2D eigenvalue weighted by atomic mass is 35.5. The van der Waals surface area contributed by atoms with Crippen LogP contribution in [0.4, 0.5) is 0 Å². The first-order valence-electron chi connectivity index (χ1n) is 6.79. The molecule has 0 saturated carbocycles. The first kappa shape index (κ1) is 16.0. The van der Waals surface area contributed by atoms with Crippen molar-refractivity contribution in [3.05, 3.63) is 35.4 Å². The molecule has 19 heavy (non-hydrogen) atoms. The van der Waals surface area contributed by atoms with E-state index in [1.54, 1.807) is 0 Å². The lowest BCUT2D eigenvalue weighted by molar-refractivity contribution is -0.140. The molecule has 0 spiro atoms. The quantitative estimate of drug-likeness (QED) is 0.871. The number of carboxylic acids is 1. The molecule has 106 valence electrons. The summed E-state index contributed by atoms with van der Waals surface area (Å²) < 4.78 is 0. The molecule has 2 atom stereocenters. The molecular weight excluding hydrogens is 262 g/mol. The fourth-order valence-corrected chi connectivity index (χ4v) is 2.74. The number of fused-ring (bicyclic) bond motifs is 1. The van der Waals surface area contributed by atoms with Gasteiger partial charge < -0.3 is 5.11 Å². The fourth-order valence-electron chi connectivity index (χ4n) is 2.74. The van der Waals surface area contributed by atoms with Gasteiger partial charge >= 0.3 is 5.97 Å². The van der Waals surface area contributed by atoms with Crippen LogP contribution in [0, 0.1) is 0 Å². The van der Waals surface area contributed by atoms with Gasteiger partial charge in [0.25, 0.3) is 0 Å². The lowest BCUT2D eigenvalue weighted by atomic mass is 9.87. The number of hydrogen-bond acceptors (Lipinski definition) is 2. The van der Waals surface area contributed by atoms with Gasteiger partial charge in [-0.25, -0.2) is 0 Å². The van der Waals surface area contributed by atoms with E-state index < -0.39 is 12.0 Å². The molecule has 1 aliphatic rings. The smallest absolute Gasteiger partial charge is 0.320 e. The molecule has 0 amide bonds. The van der Waals surface area contributed by atoms with Gasteiger partial charge in [0.15, 0.2) is 0 Å². The summed E-state index contributed by atoms with van der Waals surface area (Å²) in [5.41, 5.74) is 2.65. The van der Waals surface area contributed by atoms with Gasteiger partial charge in [0.2, 0.25) is 0 Å². The molecule has 0 fully saturated rings. The Morgan fingerprint density at radius 3 is 2.89 bits per heavy atom. The van der Waals surface area contributed by atoms with Gasteiger partial charge in [0.05, 0.1) is 0 Å². The van der Waals surface area contributed by atoms with Crippen molar-refractivity contribution in [2.45, 2.75) is 51.1 Å². The lowest BCUT2D eigenvalue weighted by Gasteiger charge is -2.29. The number of carboxylic acid groups (broad SMARTS) is 1. The van der Waals surface area contributed by atoms with E-state index in [1.807, 2.05) is 13.0 Å². The van der Waals surface area contributed by atoms with E-state index >= 15 is 0 Å². The van der Waals surface area contributed by atoms with Crippen LogP contribution in [0.15, 0.2) is 24.3 Å². The number of carbonyl (C=O) groups is 1. The van der Waals surface area contributed by atoms with Crippen molar-refractivity contribution < 1.29 is 9.90 Å². The van der Waals surface area contributed by atoms with Crippen molar-refractivity contribution in [2.24, 2.45) is 0 Å². The molecule has 0 saturated heterocycles. The molecule has 0 heterocycles. The molecule has 4 heteroatoms. The second-order valence-corrected chi connectivity index (χ2v) is 4.99. The lowest BCUT2D eigenvalue weighted by Crippen LogP contribution is -2.40. The molecule has 1 aromatic carbocycles. The maximum atomic E-state index is 11.2. The van der Waals surface area contributed by atoms with Gasteiger partial charge in [-0.1, -0.05) is 37.6 Å². The van der Waals surface area contributed by atoms with Crippen molar-refractivity contribution in [3.8, 4) is 0 Å². The van der Waals surface area contributed by atoms with Crippen molar-refractivity contribution in [1.82, 2.24) is 5.32 Å². The number of aliphatic carboxylic acids is 1. The Hall–Kier alpha value is -1.06. The van der Waals surface area contributed by atoms with E-state index in [2.05, 4.69) is 23.5 Å². The zero-order valence-electron chi connectivity index (χ0n) is 11.3. The topological polar surface area (TPSA) is 49.3 Å². The molecular formula is C15H22ClNO2. The third-order valence-corrected chi connectivity index (χ3v) is 3.65. The molecule has 0 radical (unpaired) electrons. The van der Waals surface area contributed by atoms with Gasteiger partial charge in [-0.05, 0) is 36.8 Å². The molecule has 0 aromatic heterocycles. The van der Waals surface area contributed by atoms with Crippen molar-refractivity contribution in [1.29, 1.82) is 0 Å². The number of hydrogen-bond donors (Lipinski definition) is 2. The Labute approximate surface area is 120 Å². The van der Waals surface area contributed by atoms with Gasteiger partial charge in [-0.3, -0.25) is 10.1 Å². The number of nitrogens with one attached hydrogen (secondary N) is 1. The summed E-state index contributed by atoms with van der Waals surface area (Å²) in [6, 6.07) is 8.14. The Kier molecular flexibility index (Phi) is 6.32. The normalized spacial score (nSPS) is 19.1. The highest BCUT2D eigenvalue weighted by Crippen LogP contribution is 2.30. The van der Waals surface area contributed by atoms with Crippen molar-refractivity contribution in [3.63, 3.8) is 0 Å². The molecule has 2 unspecified atom stereocenters. The summed E-state index contributed by atoms with van der Waals surface area (Å²) in [7, 11) is 0. The molecule has 1 aromatic rings. The summed E-state index contributed by atoms with van der Waals surface area (Å²) in [5, 5.41) is 12.5. The summed E-state index contributed by atoms with van der Waals surface area (Å²) >= 11 is 0. The maximum absolute atomic E-state index is 11.2. The van der Waals surface area contributed by atoms with Crippen molar-refractivity contribution in [2.75, 3.05) is 0 Å². The zero-order valence-corrected chi connectivity index (χ0v) is 12.1. The van der Waals surface area contributed by atoms with Gasteiger partial charge in [-0.2, -0.15) is 0 Å². The minimum atomic E-state index is -0.736. The fraction of sp³-hybridized carbons (Fsp3) is 0.533. The number of benzene rings is 1. The van der Waals surface area contributed by atoms with Crippen LogP contribution in [0.25, 0.3) is 0 Å². The third-order valence-electron chi connectivity index (χ3n) is 3.65. The summed E-state index contributed by atoms with van der Waals surface area (Å²) in [6.45, 7) is 2.02. The third kappa shape index (κ3) is 3.95. The molecule has 3 nitrogen and oxygen atoms in total. The van der Waals surface area contributed by atoms with E-state index in [-0.39, 0.29) is 18.4 Å². The van der Waals surface area contributed by atoms with Gasteiger partial charge in [0.1, 0.15) is 6.04 Å². The van der Waals surface area contributed by atoms with Crippen LogP contribution in [0.2, 0.25) is 0 Å². The SMILES string of the molecule is CCCC(NC1CCCc2ccccc21)C(=O)O.Cl. The Morgan fingerprint density at radius 2 is 2.21 bits per heavy atom. The molecule has 1 aliphatic carbocycles. The maximum Gasteiger partial charge on any atom is 0.320 e. The van der Waals surface area contributed by atoms with Crippen LogP contribution < -0.4 is 5.32 Å². The Bertz CT molecular complexity index is 422. The first-order chi connectivity index (χ1) is 8.72. The highest BCUT2D eigenvalue weighted by molar-refractivity contribution is 5.85. The monoisotopic (exact) mass is 283 g/mol. The predicted molar refractivity (Wildman–Crippen MR) is 78.8 cm³/mol. The highest BCUT2D eigenvalue weighted by Gasteiger charge is 2.25. The largest absolute Gasteiger partial charge is 0.480 e. The summed E-state index contributed by atoms with van der Waals surface area (Å²) in [6.07, 6.45) is 4.85. The first-order valence-corrected chi connectivity index (χ1v) is 6.79. The van der Waals surface area contributed by atoms with E-state index in [4.69, 9.17) is 0 Å². The molecule has 2 N–H and O–H groups in total. The standard InChI is InChI=1S/C15H21NO2.ClH/c1-2-6-14(15(17)18)16-13-10-5-8-11-7-3-4-9-12(11)13;/h3-4,7,9,13-14,16H,2,5-6,8,10H2,1H3,(H,17,18);1H. The summed E-state index contributed by atoms with van der Waals surface area (Å²) in [4.78, 5) is 11.2. The van der Waals surface area contributed by atoms with E-state index in [9.17, 15) is 9.90 Å². The minimum Gasteiger partial charge on any atom is -0.480 e. The second-order valence-electron chi connectivity index (χ2n) is 4.99. The second kappa shape index (κ2) is 7.51. The average molecular weight is 284 g/mol. The van der Waals surface area contributed by atoms with Crippen LogP contribution in [0.1, 0.15) is 49.8 Å². The predicted octanol–water partition coefficient (Wildman–Crippen LogP) is 3.33. The van der Waals surface area contributed by atoms with Crippen LogP contribution in [0.5, 0.6) is 0 Å². The minimum absolute atomic E-state index is 0. The Morgan fingerprint density at radius 1 is 1.47 bits per heavy atom. The van der Waals surface area contributed by atoms with Gasteiger partial charge in [0, 0.05) is 6.04 Å².